The molecule has 4 amide bonds. The molecule has 1 aliphatic heterocycles. The van der Waals surface area contributed by atoms with Gasteiger partial charge in [0.25, 0.3) is 0 Å². The second kappa shape index (κ2) is 4.46. The standard InChI is InChI=1S/C10H9ClN2O3S/c1-5(6-2-3-7(11)17-6)13-9(15)4-8(14)12-10(13)16/h2-3,5H,4H2,1H3,(H,12,14,16). The van der Waals surface area contributed by atoms with Gasteiger partial charge in [0, 0.05) is 4.88 Å². The molecule has 0 radical (unpaired) electrons. The van der Waals surface area contributed by atoms with Crippen LogP contribution in [0, 0.1) is 0 Å². The zero-order chi connectivity index (χ0) is 12.6. The number of amides is 4. The SMILES string of the molecule is CC(c1ccc(Cl)s1)N1C(=O)CC(=O)NC1=O. The zero-order valence-electron chi connectivity index (χ0n) is 8.90. The van der Waals surface area contributed by atoms with Crippen LogP contribution in [0.5, 0.6) is 0 Å². The van der Waals surface area contributed by atoms with Crippen molar-refractivity contribution in [3.8, 4) is 0 Å². The molecule has 0 aliphatic carbocycles. The number of thiophene rings is 1. The first-order chi connectivity index (χ1) is 7.99. The third-order valence-electron chi connectivity index (χ3n) is 2.44. The Morgan fingerprint density at radius 3 is 2.65 bits per heavy atom. The van der Waals surface area contributed by atoms with Crippen molar-refractivity contribution in [2.24, 2.45) is 0 Å². The molecule has 7 heteroatoms. The highest BCUT2D eigenvalue weighted by molar-refractivity contribution is 7.16. The number of carbonyl (C=O) groups is 3. The van der Waals surface area contributed by atoms with Crippen LogP contribution in [0.1, 0.15) is 24.3 Å². The molecule has 1 atom stereocenters. The number of halogens is 1. The molecule has 0 bridgehead atoms. The summed E-state index contributed by atoms with van der Waals surface area (Å²) in [5.74, 6) is -1.05. The van der Waals surface area contributed by atoms with Crippen LogP contribution in [0.4, 0.5) is 4.79 Å². The molecule has 5 nitrogen and oxygen atoms in total. The quantitative estimate of drug-likeness (QED) is 0.837. The first-order valence-corrected chi connectivity index (χ1v) is 6.09. The molecule has 0 saturated carbocycles. The highest BCUT2D eigenvalue weighted by Gasteiger charge is 2.35. The van der Waals surface area contributed by atoms with Crippen molar-refractivity contribution in [1.29, 1.82) is 0 Å². The first kappa shape index (κ1) is 12.1. The maximum Gasteiger partial charge on any atom is 0.331 e. The molecule has 1 aliphatic rings. The Morgan fingerprint density at radius 2 is 2.12 bits per heavy atom. The number of rotatable bonds is 2. The van der Waals surface area contributed by atoms with E-state index in [1.807, 2.05) is 0 Å². The van der Waals surface area contributed by atoms with Crippen molar-refractivity contribution in [1.82, 2.24) is 10.2 Å². The van der Waals surface area contributed by atoms with Gasteiger partial charge < -0.3 is 0 Å². The highest BCUT2D eigenvalue weighted by atomic mass is 35.5. The monoisotopic (exact) mass is 272 g/mol. The number of nitrogens with one attached hydrogen (secondary N) is 1. The second-order valence-corrected chi connectivity index (χ2v) is 5.36. The van der Waals surface area contributed by atoms with Crippen LogP contribution in [-0.4, -0.2) is 22.7 Å². The van der Waals surface area contributed by atoms with Crippen molar-refractivity contribution < 1.29 is 14.4 Å². The molecular formula is C10H9ClN2O3S. The summed E-state index contributed by atoms with van der Waals surface area (Å²) in [7, 11) is 0. The van der Waals surface area contributed by atoms with Crippen LogP contribution in [0.3, 0.4) is 0 Å². The molecular weight excluding hydrogens is 264 g/mol. The molecule has 90 valence electrons. The summed E-state index contributed by atoms with van der Waals surface area (Å²) in [5, 5.41) is 2.12. The third kappa shape index (κ3) is 2.32. The molecule has 0 aromatic carbocycles. The summed E-state index contributed by atoms with van der Waals surface area (Å²) < 4.78 is 0.591. The predicted octanol–water partition coefficient (Wildman–Crippen LogP) is 1.93. The molecule has 1 unspecified atom stereocenters. The topological polar surface area (TPSA) is 66.5 Å². The van der Waals surface area contributed by atoms with Gasteiger partial charge in [0.2, 0.25) is 11.8 Å². The van der Waals surface area contributed by atoms with Crippen molar-refractivity contribution in [2.45, 2.75) is 19.4 Å². The molecule has 1 fully saturated rings. The van der Waals surface area contributed by atoms with E-state index in [4.69, 9.17) is 11.6 Å². The molecule has 1 aromatic rings. The van der Waals surface area contributed by atoms with Gasteiger partial charge in [0.05, 0.1) is 10.4 Å². The minimum absolute atomic E-state index is 0.296. The van der Waals surface area contributed by atoms with Gasteiger partial charge in [0.1, 0.15) is 6.42 Å². The van der Waals surface area contributed by atoms with Crippen molar-refractivity contribution in [3.63, 3.8) is 0 Å². The molecule has 1 N–H and O–H groups in total. The van der Waals surface area contributed by atoms with E-state index in [1.165, 1.54) is 11.3 Å². The summed E-state index contributed by atoms with van der Waals surface area (Å²) >= 11 is 7.10. The summed E-state index contributed by atoms with van der Waals surface area (Å²) in [6.07, 6.45) is -0.296. The normalized spacial score (nSPS) is 18.2. The highest BCUT2D eigenvalue weighted by Crippen LogP contribution is 2.31. The fraction of sp³-hybridized carbons (Fsp3) is 0.300. The first-order valence-electron chi connectivity index (χ1n) is 4.90. The molecule has 1 aromatic heterocycles. The number of barbiturate groups is 1. The van der Waals surface area contributed by atoms with E-state index in [2.05, 4.69) is 5.32 Å². The van der Waals surface area contributed by atoms with Gasteiger partial charge in [-0.25, -0.2) is 4.79 Å². The van der Waals surface area contributed by atoms with Gasteiger partial charge in [0.15, 0.2) is 0 Å². The van der Waals surface area contributed by atoms with Gasteiger partial charge in [-0.3, -0.25) is 19.8 Å². The zero-order valence-corrected chi connectivity index (χ0v) is 10.5. The lowest BCUT2D eigenvalue weighted by atomic mass is 10.2. The Morgan fingerprint density at radius 1 is 1.41 bits per heavy atom. The molecule has 0 spiro atoms. The third-order valence-corrected chi connectivity index (χ3v) is 3.84. The van der Waals surface area contributed by atoms with Crippen LogP contribution in [0.25, 0.3) is 0 Å². The maximum absolute atomic E-state index is 11.7. The van der Waals surface area contributed by atoms with Crippen molar-refractivity contribution in [2.75, 3.05) is 0 Å². The Kier molecular flexibility index (Phi) is 3.17. The van der Waals surface area contributed by atoms with Crippen molar-refractivity contribution >= 4 is 40.8 Å². The van der Waals surface area contributed by atoms with Gasteiger partial charge >= 0.3 is 6.03 Å². The van der Waals surface area contributed by atoms with Gasteiger partial charge in [-0.1, -0.05) is 11.6 Å². The van der Waals surface area contributed by atoms with E-state index in [0.29, 0.717) is 4.34 Å². The minimum atomic E-state index is -0.678. The Labute approximate surface area is 106 Å². The van der Waals surface area contributed by atoms with Crippen LogP contribution in [0.15, 0.2) is 12.1 Å². The smallest absolute Gasteiger partial charge is 0.277 e. The summed E-state index contributed by atoms with van der Waals surface area (Å²) in [6, 6.07) is 2.36. The number of urea groups is 1. The molecule has 2 rings (SSSR count). The van der Waals surface area contributed by atoms with Gasteiger partial charge in [-0.15, -0.1) is 11.3 Å². The molecule has 1 saturated heterocycles. The molecule has 2 heterocycles. The lowest BCUT2D eigenvalue weighted by Gasteiger charge is -2.29. The van der Waals surface area contributed by atoms with E-state index in [9.17, 15) is 14.4 Å². The van der Waals surface area contributed by atoms with E-state index in [1.54, 1.807) is 19.1 Å². The molecule has 17 heavy (non-hydrogen) atoms. The largest absolute Gasteiger partial charge is 0.331 e. The summed E-state index contributed by atoms with van der Waals surface area (Å²) in [6.45, 7) is 1.72. The van der Waals surface area contributed by atoms with Crippen LogP contribution in [-0.2, 0) is 9.59 Å². The fourth-order valence-corrected chi connectivity index (χ4v) is 2.73. The van der Waals surface area contributed by atoms with Gasteiger partial charge in [-0.2, -0.15) is 0 Å². The van der Waals surface area contributed by atoms with Gasteiger partial charge in [-0.05, 0) is 19.1 Å². The van der Waals surface area contributed by atoms with E-state index in [-0.39, 0.29) is 6.42 Å². The Bertz CT molecular complexity index is 479. The number of nitrogens with zero attached hydrogens (tertiary/aromatic N) is 1. The number of hydrogen-bond donors (Lipinski definition) is 1. The maximum atomic E-state index is 11.7. The van der Waals surface area contributed by atoms with E-state index >= 15 is 0 Å². The number of hydrogen-bond acceptors (Lipinski definition) is 4. The predicted molar refractivity (Wildman–Crippen MR) is 62.7 cm³/mol. The average molecular weight is 273 g/mol. The van der Waals surface area contributed by atoms with Crippen molar-refractivity contribution in [3.05, 3.63) is 21.3 Å². The fourth-order valence-electron chi connectivity index (χ4n) is 1.63. The van der Waals surface area contributed by atoms with E-state index in [0.717, 1.165) is 9.78 Å². The Balaban J connectivity index is 2.24. The number of carbonyl (C=O) groups excluding carboxylic acids is 3. The summed E-state index contributed by atoms with van der Waals surface area (Å²) in [5.41, 5.74) is 0. The summed E-state index contributed by atoms with van der Waals surface area (Å²) in [4.78, 5) is 36.1. The Hall–Kier alpha value is -1.40. The number of imide groups is 2. The van der Waals surface area contributed by atoms with Crippen LogP contribution >= 0.6 is 22.9 Å². The van der Waals surface area contributed by atoms with Crippen LogP contribution in [0.2, 0.25) is 4.34 Å². The average Bonchev–Trinajstić information content (AvgIpc) is 2.63. The lowest BCUT2D eigenvalue weighted by molar-refractivity contribution is -0.137. The second-order valence-electron chi connectivity index (χ2n) is 3.61. The van der Waals surface area contributed by atoms with E-state index < -0.39 is 23.9 Å². The van der Waals surface area contributed by atoms with Crippen LogP contribution < -0.4 is 5.32 Å². The lowest BCUT2D eigenvalue weighted by Crippen LogP contribution is -2.53. The minimum Gasteiger partial charge on any atom is -0.277 e.